The molecule has 0 radical (unpaired) electrons. The zero-order valence-electron chi connectivity index (χ0n) is 15.1. The van der Waals surface area contributed by atoms with Gasteiger partial charge in [0.25, 0.3) is 0 Å². The molecule has 30 heavy (non-hydrogen) atoms. The van der Waals surface area contributed by atoms with E-state index in [2.05, 4.69) is 4.98 Å². The molecule has 0 aliphatic rings. The van der Waals surface area contributed by atoms with Crippen LogP contribution in [0.3, 0.4) is 0 Å². The molecule has 0 unspecified atom stereocenters. The van der Waals surface area contributed by atoms with Gasteiger partial charge in [-0.25, -0.2) is 4.98 Å². The maximum Gasteiger partial charge on any atom is 0.416 e. The van der Waals surface area contributed by atoms with Crippen molar-refractivity contribution >= 4 is 11.8 Å². The molecule has 0 saturated heterocycles. The van der Waals surface area contributed by atoms with Crippen LogP contribution in [0.15, 0.2) is 65.8 Å². The average Bonchev–Trinajstić information content (AvgIpc) is 2.71. The fourth-order valence-electron chi connectivity index (χ4n) is 2.75. The predicted octanol–water partition coefficient (Wildman–Crippen LogP) is 6.95. The van der Waals surface area contributed by atoms with Gasteiger partial charge in [-0.1, -0.05) is 30.3 Å². The van der Waals surface area contributed by atoms with E-state index in [0.29, 0.717) is 5.56 Å². The molecule has 1 heterocycles. The number of pyridine rings is 1. The van der Waals surface area contributed by atoms with E-state index in [9.17, 15) is 31.6 Å². The van der Waals surface area contributed by atoms with Crippen LogP contribution in [-0.2, 0) is 18.1 Å². The van der Waals surface area contributed by atoms with Gasteiger partial charge < -0.3 is 0 Å². The number of benzene rings is 2. The second-order valence-corrected chi connectivity index (χ2v) is 7.18. The van der Waals surface area contributed by atoms with Crippen molar-refractivity contribution in [3.8, 4) is 17.2 Å². The van der Waals surface area contributed by atoms with Crippen LogP contribution < -0.4 is 0 Å². The highest BCUT2D eigenvalue weighted by Crippen LogP contribution is 2.36. The van der Waals surface area contributed by atoms with Gasteiger partial charge in [0, 0.05) is 17.5 Å². The molecule has 3 aromatic rings. The van der Waals surface area contributed by atoms with Crippen LogP contribution in [0.25, 0.3) is 11.1 Å². The molecule has 154 valence electrons. The van der Waals surface area contributed by atoms with Gasteiger partial charge in [0.05, 0.1) is 16.7 Å². The van der Waals surface area contributed by atoms with E-state index in [1.54, 1.807) is 0 Å². The molecule has 0 amide bonds. The maximum atomic E-state index is 13.0. The predicted molar refractivity (Wildman–Crippen MR) is 100 cm³/mol. The molecular formula is C21H12F6N2S. The number of rotatable bonds is 4. The van der Waals surface area contributed by atoms with Crippen LogP contribution in [0.2, 0.25) is 0 Å². The Morgan fingerprint density at radius 1 is 0.867 bits per heavy atom. The van der Waals surface area contributed by atoms with E-state index in [1.165, 1.54) is 36.5 Å². The standard InChI is InChI=1S/C21H12F6N2S/c22-20(23,24)15-5-1-3-13(9-15)12-30-19-18(11-28)17(7-8-29-19)14-4-2-6-16(10-14)21(25,26)27/h1-10H,12H2. The third-order valence-corrected chi connectivity index (χ3v) is 5.22. The molecule has 0 aliphatic heterocycles. The Kier molecular flexibility index (Phi) is 6.08. The first-order chi connectivity index (χ1) is 14.1. The lowest BCUT2D eigenvalue weighted by Crippen LogP contribution is -2.05. The summed E-state index contributed by atoms with van der Waals surface area (Å²) in [6, 6.07) is 12.7. The van der Waals surface area contributed by atoms with E-state index >= 15 is 0 Å². The second-order valence-electron chi connectivity index (χ2n) is 6.22. The molecule has 1 aromatic heterocycles. The highest BCUT2D eigenvalue weighted by molar-refractivity contribution is 7.98. The van der Waals surface area contributed by atoms with Crippen molar-refractivity contribution < 1.29 is 26.3 Å². The minimum atomic E-state index is -4.53. The molecule has 0 saturated carbocycles. The normalized spacial score (nSPS) is 11.9. The Balaban J connectivity index is 1.91. The lowest BCUT2D eigenvalue weighted by molar-refractivity contribution is -0.138. The maximum absolute atomic E-state index is 13.0. The highest BCUT2D eigenvalue weighted by atomic mass is 32.2. The summed E-state index contributed by atoms with van der Waals surface area (Å²) in [5, 5.41) is 9.79. The number of alkyl halides is 6. The molecule has 0 spiro atoms. The zero-order chi connectivity index (χ0) is 21.9. The van der Waals surface area contributed by atoms with Crippen molar-refractivity contribution in [1.82, 2.24) is 4.98 Å². The lowest BCUT2D eigenvalue weighted by atomic mass is 10.0. The van der Waals surface area contributed by atoms with E-state index in [4.69, 9.17) is 0 Å². The average molecular weight is 438 g/mol. The van der Waals surface area contributed by atoms with Crippen molar-refractivity contribution in [2.45, 2.75) is 23.1 Å². The Morgan fingerprint density at radius 2 is 1.50 bits per heavy atom. The molecule has 0 N–H and O–H groups in total. The van der Waals surface area contributed by atoms with Gasteiger partial charge in [-0.15, -0.1) is 11.8 Å². The first-order valence-electron chi connectivity index (χ1n) is 8.45. The summed E-state index contributed by atoms with van der Waals surface area (Å²) in [6.07, 6.45) is -7.65. The highest BCUT2D eigenvalue weighted by Gasteiger charge is 2.31. The Labute approximate surface area is 172 Å². The van der Waals surface area contributed by atoms with Gasteiger partial charge in [-0.05, 0) is 35.4 Å². The van der Waals surface area contributed by atoms with Crippen LogP contribution in [0.5, 0.6) is 0 Å². The SMILES string of the molecule is N#Cc1c(-c2cccc(C(F)(F)F)c2)ccnc1SCc1cccc(C(F)(F)F)c1. The van der Waals surface area contributed by atoms with Crippen LogP contribution >= 0.6 is 11.8 Å². The smallest absolute Gasteiger partial charge is 0.248 e. The zero-order valence-corrected chi connectivity index (χ0v) is 15.9. The largest absolute Gasteiger partial charge is 0.416 e. The molecule has 0 aliphatic carbocycles. The number of nitrogens with zero attached hydrogens (tertiary/aromatic N) is 2. The summed E-state index contributed by atoms with van der Waals surface area (Å²) in [5.41, 5.74) is -0.723. The molecule has 9 heteroatoms. The van der Waals surface area contributed by atoms with Crippen molar-refractivity contribution in [2.75, 3.05) is 0 Å². The molecule has 3 rings (SSSR count). The van der Waals surface area contributed by atoms with Gasteiger partial charge in [-0.2, -0.15) is 31.6 Å². The summed E-state index contributed by atoms with van der Waals surface area (Å²) >= 11 is 1.04. The monoisotopic (exact) mass is 438 g/mol. The summed E-state index contributed by atoms with van der Waals surface area (Å²) in [7, 11) is 0. The van der Waals surface area contributed by atoms with Crippen molar-refractivity contribution in [3.63, 3.8) is 0 Å². The molecular weight excluding hydrogens is 426 g/mol. The topological polar surface area (TPSA) is 36.7 Å². The van der Waals surface area contributed by atoms with Gasteiger partial charge in [0.1, 0.15) is 11.1 Å². The van der Waals surface area contributed by atoms with Crippen LogP contribution in [0.1, 0.15) is 22.3 Å². The fraction of sp³-hybridized carbons (Fsp3) is 0.143. The Bertz CT molecular complexity index is 1100. The number of aromatic nitrogens is 1. The number of halogens is 6. The fourth-order valence-corrected chi connectivity index (χ4v) is 3.67. The molecule has 0 fully saturated rings. The number of nitriles is 1. The van der Waals surface area contributed by atoms with Gasteiger partial charge in [-0.3, -0.25) is 0 Å². The molecule has 2 aromatic carbocycles. The summed E-state index contributed by atoms with van der Waals surface area (Å²) < 4.78 is 77.6. The Hall–Kier alpha value is -2.99. The second kappa shape index (κ2) is 8.40. The van der Waals surface area contributed by atoms with E-state index in [-0.39, 0.29) is 27.5 Å². The first kappa shape index (κ1) is 21.7. The van der Waals surface area contributed by atoms with E-state index < -0.39 is 23.5 Å². The van der Waals surface area contributed by atoms with Gasteiger partial charge in [0.2, 0.25) is 0 Å². The molecule has 0 bridgehead atoms. The summed E-state index contributed by atoms with van der Waals surface area (Å²) in [5.74, 6) is 0.109. The number of hydrogen-bond acceptors (Lipinski definition) is 3. The van der Waals surface area contributed by atoms with Crippen LogP contribution in [-0.4, -0.2) is 4.98 Å². The van der Waals surface area contributed by atoms with E-state index in [0.717, 1.165) is 36.0 Å². The lowest BCUT2D eigenvalue weighted by Gasteiger charge is -2.12. The quantitative estimate of drug-likeness (QED) is 0.327. The van der Waals surface area contributed by atoms with Gasteiger partial charge >= 0.3 is 12.4 Å². The molecule has 2 nitrogen and oxygen atoms in total. The first-order valence-corrected chi connectivity index (χ1v) is 9.44. The van der Waals surface area contributed by atoms with Crippen molar-refractivity contribution in [1.29, 1.82) is 5.26 Å². The van der Waals surface area contributed by atoms with Crippen molar-refractivity contribution in [2.24, 2.45) is 0 Å². The third-order valence-electron chi connectivity index (χ3n) is 4.16. The number of thioether (sulfide) groups is 1. The molecule has 0 atom stereocenters. The Morgan fingerprint density at radius 3 is 2.13 bits per heavy atom. The van der Waals surface area contributed by atoms with Crippen LogP contribution in [0, 0.1) is 11.3 Å². The van der Waals surface area contributed by atoms with Gasteiger partial charge in [0.15, 0.2) is 0 Å². The number of hydrogen-bond donors (Lipinski definition) is 0. The van der Waals surface area contributed by atoms with Crippen LogP contribution in [0.4, 0.5) is 26.3 Å². The minimum Gasteiger partial charge on any atom is -0.248 e. The minimum absolute atomic E-state index is 0.0637. The van der Waals surface area contributed by atoms with Crippen molar-refractivity contribution in [3.05, 3.63) is 83.0 Å². The summed E-state index contributed by atoms with van der Waals surface area (Å²) in [6.45, 7) is 0. The third kappa shape index (κ3) is 4.94. The van der Waals surface area contributed by atoms with E-state index in [1.807, 2.05) is 6.07 Å². The summed E-state index contributed by atoms with van der Waals surface area (Å²) in [4.78, 5) is 4.09.